The Hall–Kier alpha value is -3.42. The monoisotopic (exact) mass is 415 g/mol. The molecule has 1 unspecified atom stereocenters. The first-order chi connectivity index (χ1) is 14.4. The zero-order chi connectivity index (χ0) is 21.8. The average molecular weight is 415 g/mol. The second kappa shape index (κ2) is 8.94. The molecule has 0 fully saturated rings. The van der Waals surface area contributed by atoms with Gasteiger partial charge in [0.05, 0.1) is 34.0 Å². The van der Waals surface area contributed by atoms with Gasteiger partial charge < -0.3 is 29.4 Å². The zero-order valence-electron chi connectivity index (χ0n) is 17.4. The molecule has 30 heavy (non-hydrogen) atoms. The third-order valence-corrected chi connectivity index (χ3v) is 5.10. The smallest absolute Gasteiger partial charge is 0.407 e. The van der Waals surface area contributed by atoms with E-state index in [1.165, 1.54) is 27.4 Å². The van der Waals surface area contributed by atoms with Gasteiger partial charge in [0.2, 0.25) is 11.2 Å². The second-order valence-electron chi connectivity index (χ2n) is 6.73. The van der Waals surface area contributed by atoms with Crippen LogP contribution in [0.5, 0.6) is 23.0 Å². The van der Waals surface area contributed by atoms with Crippen LogP contribution < -0.4 is 25.0 Å². The maximum absolute atomic E-state index is 12.7. The number of carbonyl (C=O) groups excluding carboxylic acids is 1. The molecule has 0 radical (unpaired) electrons. The summed E-state index contributed by atoms with van der Waals surface area (Å²) >= 11 is 0. The molecule has 0 saturated heterocycles. The van der Waals surface area contributed by atoms with E-state index >= 15 is 0 Å². The summed E-state index contributed by atoms with van der Waals surface area (Å²) < 4.78 is 21.0. The normalized spacial score (nSPS) is 14.6. The molecular weight excluding hydrogens is 390 g/mol. The summed E-state index contributed by atoms with van der Waals surface area (Å²) in [6.45, 7) is 1.95. The topological polar surface area (TPSA) is 103 Å². The Balaban J connectivity index is 2.31. The van der Waals surface area contributed by atoms with Crippen molar-refractivity contribution in [1.82, 2.24) is 5.32 Å². The van der Waals surface area contributed by atoms with Crippen molar-refractivity contribution in [1.29, 1.82) is 0 Å². The number of rotatable bonds is 5. The van der Waals surface area contributed by atoms with Gasteiger partial charge in [-0.1, -0.05) is 6.07 Å². The van der Waals surface area contributed by atoms with Gasteiger partial charge in [-0.05, 0) is 54.7 Å². The van der Waals surface area contributed by atoms with Crippen molar-refractivity contribution in [3.05, 3.63) is 45.6 Å². The molecule has 2 aromatic carbocycles. The highest BCUT2D eigenvalue weighted by Crippen LogP contribution is 2.49. The van der Waals surface area contributed by atoms with E-state index in [4.69, 9.17) is 18.9 Å². The van der Waals surface area contributed by atoms with Crippen LogP contribution in [0.25, 0.3) is 11.1 Å². The predicted octanol–water partition coefficient (Wildman–Crippen LogP) is 3.18. The molecule has 0 saturated carbocycles. The van der Waals surface area contributed by atoms with E-state index in [1.807, 2.05) is 0 Å². The Bertz CT molecular complexity index is 1020. The van der Waals surface area contributed by atoms with Gasteiger partial charge in [-0.15, -0.1) is 0 Å². The quantitative estimate of drug-likeness (QED) is 0.773. The lowest BCUT2D eigenvalue weighted by molar-refractivity contribution is 0.147. The Kier molecular flexibility index (Phi) is 6.34. The van der Waals surface area contributed by atoms with E-state index < -0.39 is 12.1 Å². The van der Waals surface area contributed by atoms with Gasteiger partial charge in [-0.2, -0.15) is 0 Å². The van der Waals surface area contributed by atoms with Crippen molar-refractivity contribution in [3.8, 4) is 34.1 Å². The Morgan fingerprint density at radius 3 is 2.50 bits per heavy atom. The fourth-order valence-electron chi connectivity index (χ4n) is 3.75. The molecule has 0 bridgehead atoms. The van der Waals surface area contributed by atoms with Crippen LogP contribution in [0.15, 0.2) is 29.1 Å². The number of amides is 1. The van der Waals surface area contributed by atoms with E-state index in [0.29, 0.717) is 29.5 Å². The minimum atomic E-state index is -0.572. The van der Waals surface area contributed by atoms with Gasteiger partial charge in [0.15, 0.2) is 17.2 Å². The van der Waals surface area contributed by atoms with Crippen molar-refractivity contribution in [2.24, 2.45) is 0 Å². The van der Waals surface area contributed by atoms with Gasteiger partial charge in [0, 0.05) is 5.56 Å². The number of alkyl carbamates (subject to hydrolysis) is 1. The van der Waals surface area contributed by atoms with Crippen LogP contribution in [0.4, 0.5) is 4.79 Å². The molecule has 1 amide bonds. The maximum Gasteiger partial charge on any atom is 0.407 e. The molecule has 0 spiro atoms. The van der Waals surface area contributed by atoms with Gasteiger partial charge in [-0.3, -0.25) is 4.79 Å². The fraction of sp³-hybridized carbons (Fsp3) is 0.364. The molecule has 1 aliphatic rings. The minimum Gasteiger partial charge on any atom is -0.502 e. The highest BCUT2D eigenvalue weighted by atomic mass is 16.5. The molecule has 2 N–H and O–H groups in total. The summed E-state index contributed by atoms with van der Waals surface area (Å²) in [5.74, 6) is 0.546. The number of hydrogen-bond acceptors (Lipinski definition) is 7. The molecule has 0 aromatic heterocycles. The van der Waals surface area contributed by atoms with E-state index in [-0.39, 0.29) is 35.0 Å². The molecule has 0 heterocycles. The highest BCUT2D eigenvalue weighted by molar-refractivity contribution is 5.83. The van der Waals surface area contributed by atoms with Crippen molar-refractivity contribution in [2.75, 3.05) is 27.9 Å². The maximum atomic E-state index is 12.7. The van der Waals surface area contributed by atoms with Crippen LogP contribution >= 0.6 is 0 Å². The molecule has 8 heteroatoms. The lowest BCUT2D eigenvalue weighted by Gasteiger charge is -2.18. The number of aromatic hydroxyl groups is 1. The molecule has 8 nitrogen and oxygen atoms in total. The first kappa shape index (κ1) is 21.3. The Morgan fingerprint density at radius 1 is 1.13 bits per heavy atom. The zero-order valence-corrected chi connectivity index (χ0v) is 17.4. The van der Waals surface area contributed by atoms with Crippen molar-refractivity contribution in [3.63, 3.8) is 0 Å². The van der Waals surface area contributed by atoms with E-state index in [0.717, 1.165) is 5.56 Å². The van der Waals surface area contributed by atoms with Crippen LogP contribution in [0.2, 0.25) is 0 Å². The summed E-state index contributed by atoms with van der Waals surface area (Å²) in [7, 11) is 4.34. The Morgan fingerprint density at radius 2 is 1.87 bits per heavy atom. The number of methoxy groups -OCH3 is 3. The predicted molar refractivity (Wildman–Crippen MR) is 111 cm³/mol. The number of phenolic OH excluding ortho intramolecular Hbond substituents is 1. The highest BCUT2D eigenvalue weighted by Gasteiger charge is 2.29. The van der Waals surface area contributed by atoms with Crippen LogP contribution in [-0.2, 0) is 11.2 Å². The largest absolute Gasteiger partial charge is 0.502 e. The minimum absolute atomic E-state index is 0.137. The number of aryl methyl sites for hydroxylation is 1. The van der Waals surface area contributed by atoms with E-state index in [1.54, 1.807) is 25.1 Å². The van der Waals surface area contributed by atoms with Crippen molar-refractivity contribution in [2.45, 2.75) is 25.8 Å². The lowest BCUT2D eigenvalue weighted by atomic mass is 9.95. The first-order valence-electron chi connectivity index (χ1n) is 9.57. The average Bonchev–Trinajstić information content (AvgIpc) is 2.97. The molecular formula is C22H25NO7. The standard InChI is InChI=1S/C22H25NO7/c1-5-30-22(26)23-15-8-6-12-10-18(28-3)20(25)21(29-4)19(12)13-7-9-17(27-2)16(24)11-14(13)15/h7,9-11,15,25H,5-6,8H2,1-4H3,(H,23,26). The van der Waals surface area contributed by atoms with Crippen LogP contribution in [0.1, 0.15) is 30.5 Å². The molecule has 2 aromatic rings. The molecule has 3 rings (SSSR count). The number of hydrogen-bond donors (Lipinski definition) is 2. The first-order valence-corrected chi connectivity index (χ1v) is 9.57. The van der Waals surface area contributed by atoms with Crippen LogP contribution in [-0.4, -0.2) is 39.1 Å². The van der Waals surface area contributed by atoms with Gasteiger partial charge in [-0.25, -0.2) is 4.79 Å². The molecule has 0 aliphatic heterocycles. The second-order valence-corrected chi connectivity index (χ2v) is 6.73. The lowest BCUT2D eigenvalue weighted by Crippen LogP contribution is -2.29. The summed E-state index contributed by atoms with van der Waals surface area (Å²) in [4.78, 5) is 24.8. The third kappa shape index (κ3) is 3.85. The molecule has 1 atom stereocenters. The Labute approximate surface area is 174 Å². The summed E-state index contributed by atoms with van der Waals surface area (Å²) in [6, 6.07) is 5.99. The van der Waals surface area contributed by atoms with Crippen molar-refractivity contribution >= 4 is 6.09 Å². The number of benzene rings is 1. The number of phenols is 1. The van der Waals surface area contributed by atoms with Crippen molar-refractivity contribution < 1.29 is 28.8 Å². The summed E-state index contributed by atoms with van der Waals surface area (Å²) in [5.41, 5.74) is 2.39. The van der Waals surface area contributed by atoms with Gasteiger partial charge in [0.1, 0.15) is 0 Å². The number of ether oxygens (including phenoxy) is 4. The summed E-state index contributed by atoms with van der Waals surface area (Å²) in [6.07, 6.45) is 0.475. The van der Waals surface area contributed by atoms with Crippen LogP contribution in [0, 0.1) is 0 Å². The molecule has 160 valence electrons. The van der Waals surface area contributed by atoms with Gasteiger partial charge in [0.25, 0.3) is 0 Å². The molecule has 1 aliphatic carbocycles. The third-order valence-electron chi connectivity index (χ3n) is 5.10. The SMILES string of the molecule is CCOC(=O)NC1CCc2cc(OC)c(O)c(OC)c2-c2ccc(OC)c(=O)cc21. The number of carbonyl (C=O) groups is 1. The number of nitrogens with one attached hydrogen (secondary N) is 1. The van der Waals surface area contributed by atoms with Gasteiger partial charge >= 0.3 is 6.09 Å². The number of fused-ring (bicyclic) bond motifs is 3. The van der Waals surface area contributed by atoms with E-state index in [2.05, 4.69) is 5.32 Å². The van der Waals surface area contributed by atoms with Crippen LogP contribution in [0.3, 0.4) is 0 Å². The summed E-state index contributed by atoms with van der Waals surface area (Å²) in [5, 5.41) is 13.5. The van der Waals surface area contributed by atoms with E-state index in [9.17, 15) is 14.7 Å². The fourth-order valence-corrected chi connectivity index (χ4v) is 3.75.